The molecule has 0 saturated heterocycles. The molecule has 0 atom stereocenters. The summed E-state index contributed by atoms with van der Waals surface area (Å²) in [5, 5.41) is 11.2. The second kappa shape index (κ2) is 7.28. The molecule has 0 amide bonds. The van der Waals surface area contributed by atoms with Crippen molar-refractivity contribution < 1.29 is 9.52 Å². The van der Waals surface area contributed by atoms with E-state index >= 15 is 0 Å². The maximum atomic E-state index is 10.3. The lowest BCUT2D eigenvalue weighted by Gasteiger charge is -2.12. The highest BCUT2D eigenvalue weighted by molar-refractivity contribution is 5.99. The van der Waals surface area contributed by atoms with Crippen molar-refractivity contribution in [3.05, 3.63) is 109 Å². The third-order valence-corrected chi connectivity index (χ3v) is 5.10. The summed E-state index contributed by atoms with van der Waals surface area (Å²) >= 11 is 0. The van der Waals surface area contributed by atoms with Crippen molar-refractivity contribution in [2.24, 2.45) is 0 Å². The molecule has 0 spiro atoms. The van der Waals surface area contributed by atoms with Crippen molar-refractivity contribution in [3.8, 4) is 28.0 Å². The second-order valence-electron chi connectivity index (χ2n) is 7.01. The van der Waals surface area contributed by atoms with Gasteiger partial charge in [-0.2, -0.15) is 0 Å². The number of hydrogen-bond donors (Lipinski definition) is 1. The molecule has 0 saturated carbocycles. The van der Waals surface area contributed by atoms with Gasteiger partial charge in [-0.15, -0.1) is 0 Å². The average molecular weight is 377 g/mol. The Kier molecular flexibility index (Phi) is 4.34. The van der Waals surface area contributed by atoms with Crippen LogP contribution in [0, 0.1) is 0 Å². The third kappa shape index (κ3) is 3.27. The molecule has 3 aromatic carbocycles. The number of furan rings is 1. The van der Waals surface area contributed by atoms with Gasteiger partial charge in [0.15, 0.2) is 0 Å². The fourth-order valence-corrected chi connectivity index (χ4v) is 3.79. The van der Waals surface area contributed by atoms with E-state index in [9.17, 15) is 5.11 Å². The molecule has 5 rings (SSSR count). The summed E-state index contributed by atoms with van der Waals surface area (Å²) in [6.45, 7) is 0. The Morgan fingerprint density at radius 3 is 2.31 bits per heavy atom. The van der Waals surface area contributed by atoms with Gasteiger partial charge in [-0.05, 0) is 46.5 Å². The van der Waals surface area contributed by atoms with Crippen LogP contribution in [0.5, 0.6) is 5.75 Å². The lowest BCUT2D eigenvalue weighted by Crippen LogP contribution is -1.91. The van der Waals surface area contributed by atoms with Crippen molar-refractivity contribution in [3.63, 3.8) is 0 Å². The normalized spacial score (nSPS) is 11.0. The summed E-state index contributed by atoms with van der Waals surface area (Å²) in [5.74, 6) is 1.07. The number of pyridine rings is 1. The largest absolute Gasteiger partial charge is 0.508 e. The summed E-state index contributed by atoms with van der Waals surface area (Å²) in [7, 11) is 0. The van der Waals surface area contributed by atoms with Gasteiger partial charge in [0, 0.05) is 23.6 Å². The van der Waals surface area contributed by atoms with Gasteiger partial charge >= 0.3 is 0 Å². The molecule has 140 valence electrons. The first-order valence-electron chi connectivity index (χ1n) is 9.59. The zero-order valence-corrected chi connectivity index (χ0v) is 15.7. The minimum absolute atomic E-state index is 0.226. The minimum Gasteiger partial charge on any atom is -0.508 e. The molecule has 1 N–H and O–H groups in total. The maximum absolute atomic E-state index is 10.3. The van der Waals surface area contributed by atoms with E-state index in [2.05, 4.69) is 29.2 Å². The average Bonchev–Trinajstić information content (AvgIpc) is 3.12. The van der Waals surface area contributed by atoms with Crippen molar-refractivity contribution in [2.45, 2.75) is 6.42 Å². The van der Waals surface area contributed by atoms with Crippen LogP contribution in [0.15, 0.2) is 102 Å². The fourth-order valence-electron chi connectivity index (χ4n) is 3.79. The highest BCUT2D eigenvalue weighted by Crippen LogP contribution is 2.41. The minimum atomic E-state index is 0.226. The predicted molar refractivity (Wildman–Crippen MR) is 116 cm³/mol. The SMILES string of the molecule is Oc1ccc(-c2ccccc2)c(-c2c(Cc3ccccc3)oc3ncccc23)c1. The lowest BCUT2D eigenvalue weighted by molar-refractivity contribution is 0.475. The van der Waals surface area contributed by atoms with Crippen molar-refractivity contribution >= 4 is 11.1 Å². The monoisotopic (exact) mass is 377 g/mol. The summed E-state index contributed by atoms with van der Waals surface area (Å²) in [4.78, 5) is 4.43. The van der Waals surface area contributed by atoms with E-state index in [0.717, 1.165) is 39.0 Å². The van der Waals surface area contributed by atoms with E-state index < -0.39 is 0 Å². The van der Waals surface area contributed by atoms with Crippen LogP contribution in [0.25, 0.3) is 33.4 Å². The zero-order valence-electron chi connectivity index (χ0n) is 15.7. The van der Waals surface area contributed by atoms with Crippen molar-refractivity contribution in [2.75, 3.05) is 0 Å². The Morgan fingerprint density at radius 1 is 0.759 bits per heavy atom. The number of aromatic hydroxyl groups is 1. The number of fused-ring (bicyclic) bond motifs is 1. The van der Waals surface area contributed by atoms with Crippen molar-refractivity contribution in [1.29, 1.82) is 0 Å². The van der Waals surface area contributed by atoms with Gasteiger partial charge in [0.1, 0.15) is 11.5 Å². The number of hydrogen-bond acceptors (Lipinski definition) is 3. The van der Waals surface area contributed by atoms with E-state index in [1.54, 1.807) is 12.3 Å². The van der Waals surface area contributed by atoms with Crippen LogP contribution < -0.4 is 0 Å². The molecule has 0 aliphatic rings. The fraction of sp³-hybridized carbons (Fsp3) is 0.0385. The quantitative estimate of drug-likeness (QED) is 0.391. The van der Waals surface area contributed by atoms with Crippen LogP contribution in [0.4, 0.5) is 0 Å². The van der Waals surface area contributed by atoms with E-state index in [1.807, 2.05) is 60.7 Å². The van der Waals surface area contributed by atoms with E-state index in [1.165, 1.54) is 0 Å². The third-order valence-electron chi connectivity index (χ3n) is 5.10. The number of rotatable bonds is 4. The molecular weight excluding hydrogens is 358 g/mol. The molecule has 5 aromatic rings. The molecule has 0 unspecified atom stereocenters. The van der Waals surface area contributed by atoms with Gasteiger partial charge in [0.25, 0.3) is 0 Å². The Labute approximate surface area is 168 Å². The number of aromatic nitrogens is 1. The van der Waals surface area contributed by atoms with Gasteiger partial charge in [-0.1, -0.05) is 66.7 Å². The van der Waals surface area contributed by atoms with Gasteiger partial charge in [-0.25, -0.2) is 4.98 Å². The molecule has 0 fully saturated rings. The molecule has 2 aromatic heterocycles. The first-order valence-corrected chi connectivity index (χ1v) is 9.59. The Hall–Kier alpha value is -3.85. The number of nitrogens with zero attached hydrogens (tertiary/aromatic N) is 1. The summed E-state index contributed by atoms with van der Waals surface area (Å²) in [6.07, 6.45) is 2.39. The van der Waals surface area contributed by atoms with Crippen LogP contribution in [-0.2, 0) is 6.42 Å². The number of phenolic OH excluding ortho intramolecular Hbond substituents is 1. The number of phenols is 1. The molecule has 0 aliphatic heterocycles. The molecule has 3 heteroatoms. The highest BCUT2D eigenvalue weighted by atomic mass is 16.3. The highest BCUT2D eigenvalue weighted by Gasteiger charge is 2.20. The van der Waals surface area contributed by atoms with E-state index in [0.29, 0.717) is 12.1 Å². The summed E-state index contributed by atoms with van der Waals surface area (Å²) in [6, 6.07) is 29.9. The van der Waals surface area contributed by atoms with Crippen LogP contribution in [0.1, 0.15) is 11.3 Å². The van der Waals surface area contributed by atoms with E-state index in [4.69, 9.17) is 4.42 Å². The Balaban J connectivity index is 1.77. The number of benzene rings is 3. The molecule has 29 heavy (non-hydrogen) atoms. The summed E-state index contributed by atoms with van der Waals surface area (Å²) < 4.78 is 6.20. The predicted octanol–water partition coefficient (Wildman–Crippen LogP) is 6.46. The second-order valence-corrected chi connectivity index (χ2v) is 7.01. The molecule has 3 nitrogen and oxygen atoms in total. The lowest BCUT2D eigenvalue weighted by atomic mass is 9.91. The standard InChI is InChI=1S/C26H19NO2/c28-20-13-14-21(19-10-5-2-6-11-19)23(17-20)25-22-12-7-15-27-26(22)29-24(25)16-18-8-3-1-4-9-18/h1-15,17,28H,16H2. The molecule has 2 heterocycles. The topological polar surface area (TPSA) is 46.3 Å². The van der Waals surface area contributed by atoms with Gasteiger partial charge in [0.2, 0.25) is 5.71 Å². The smallest absolute Gasteiger partial charge is 0.226 e. The van der Waals surface area contributed by atoms with Crippen molar-refractivity contribution in [1.82, 2.24) is 4.98 Å². The van der Waals surface area contributed by atoms with E-state index in [-0.39, 0.29) is 5.75 Å². The van der Waals surface area contributed by atoms with Gasteiger partial charge in [0.05, 0.1) is 0 Å². The maximum Gasteiger partial charge on any atom is 0.226 e. The molecule has 0 aliphatic carbocycles. The Morgan fingerprint density at radius 2 is 1.52 bits per heavy atom. The molecule has 0 radical (unpaired) electrons. The molecule has 0 bridgehead atoms. The van der Waals surface area contributed by atoms with Crippen LogP contribution in [0.3, 0.4) is 0 Å². The first kappa shape index (κ1) is 17.3. The zero-order chi connectivity index (χ0) is 19.6. The summed E-state index contributed by atoms with van der Waals surface area (Å²) in [5.41, 5.74) is 5.82. The van der Waals surface area contributed by atoms with Crippen LogP contribution >= 0.6 is 0 Å². The van der Waals surface area contributed by atoms with Gasteiger partial charge in [-0.3, -0.25) is 0 Å². The van der Waals surface area contributed by atoms with Crippen LogP contribution in [-0.4, -0.2) is 10.1 Å². The van der Waals surface area contributed by atoms with Gasteiger partial charge < -0.3 is 9.52 Å². The molecular formula is C26H19NO2. The first-order chi connectivity index (χ1) is 14.3. The van der Waals surface area contributed by atoms with Crippen LogP contribution in [0.2, 0.25) is 0 Å². The Bertz CT molecular complexity index is 1270.